The number of aryl methyl sites for hydroxylation is 2. The summed E-state index contributed by atoms with van der Waals surface area (Å²) in [5, 5.41) is 3.50. The van der Waals surface area contributed by atoms with Crippen molar-refractivity contribution in [3.8, 4) is 11.5 Å². The van der Waals surface area contributed by atoms with Gasteiger partial charge in [-0.1, -0.05) is 41.4 Å². The van der Waals surface area contributed by atoms with Crippen LogP contribution in [-0.4, -0.2) is 11.8 Å². The predicted octanol–water partition coefficient (Wildman–Crippen LogP) is 7.16. The van der Waals surface area contributed by atoms with E-state index < -0.39 is 0 Å². The molecule has 1 aliphatic heterocycles. The second-order valence-corrected chi connectivity index (χ2v) is 9.00. The Morgan fingerprint density at radius 1 is 0.886 bits per heavy atom. The fourth-order valence-corrected chi connectivity index (χ4v) is 4.32. The van der Waals surface area contributed by atoms with Crippen molar-refractivity contribution in [1.82, 2.24) is 0 Å². The van der Waals surface area contributed by atoms with Gasteiger partial charge >= 0.3 is 0 Å². The van der Waals surface area contributed by atoms with Crippen LogP contribution in [0.4, 0.5) is 11.4 Å². The van der Waals surface area contributed by atoms with Gasteiger partial charge in [-0.25, -0.2) is 0 Å². The van der Waals surface area contributed by atoms with E-state index in [2.05, 4.69) is 5.32 Å². The molecule has 174 valence electrons. The number of carbonyl (C=O) groups is 2. The van der Waals surface area contributed by atoms with Crippen molar-refractivity contribution in [1.29, 1.82) is 0 Å². The van der Waals surface area contributed by atoms with E-state index >= 15 is 0 Å². The lowest BCUT2D eigenvalue weighted by atomic mass is 10.0. The monoisotopic (exact) mass is 482 g/mol. The normalized spacial score (nSPS) is 12.1. The number of carbonyl (C=O) groups excluding carboxylic acids is 2. The van der Waals surface area contributed by atoms with Gasteiger partial charge in [0.2, 0.25) is 0 Å². The molecule has 2 amide bonds. The molecule has 4 aromatic rings. The second kappa shape index (κ2) is 9.28. The standard InChI is InChI=1S/C29H23ClN2O3/c1-18-7-8-19(2)24(15-18)28(33)31-23-12-9-20(10-13-23)29(34)32-17-21-16-22(30)11-14-26(21)35-27-6-4-3-5-25(27)32/h3-16H,17H2,1-2H3,(H,31,33). The zero-order chi connectivity index (χ0) is 24.5. The molecule has 6 heteroatoms. The molecule has 1 heterocycles. The Kier molecular flexibility index (Phi) is 6.01. The molecule has 0 radical (unpaired) electrons. The summed E-state index contributed by atoms with van der Waals surface area (Å²) in [5.41, 5.74) is 5.16. The number of anilines is 2. The van der Waals surface area contributed by atoms with Crippen LogP contribution < -0.4 is 15.0 Å². The largest absolute Gasteiger partial charge is 0.455 e. The first kappa shape index (κ1) is 22.7. The number of ether oxygens (including phenoxy) is 1. The number of benzene rings is 4. The molecular formula is C29H23ClN2O3. The zero-order valence-corrected chi connectivity index (χ0v) is 20.1. The van der Waals surface area contributed by atoms with Gasteiger partial charge in [0.25, 0.3) is 11.8 Å². The number of amides is 2. The summed E-state index contributed by atoms with van der Waals surface area (Å²) in [7, 11) is 0. The van der Waals surface area contributed by atoms with Crippen LogP contribution in [0, 0.1) is 13.8 Å². The highest BCUT2D eigenvalue weighted by molar-refractivity contribution is 6.30. The van der Waals surface area contributed by atoms with Gasteiger partial charge in [-0.05, 0) is 80.1 Å². The lowest BCUT2D eigenvalue weighted by molar-refractivity contribution is 0.0984. The van der Waals surface area contributed by atoms with Crippen LogP contribution >= 0.6 is 11.6 Å². The van der Waals surface area contributed by atoms with Crippen molar-refractivity contribution in [2.45, 2.75) is 20.4 Å². The van der Waals surface area contributed by atoms with Crippen LogP contribution in [0.25, 0.3) is 0 Å². The highest BCUT2D eigenvalue weighted by Crippen LogP contribution is 2.40. The van der Waals surface area contributed by atoms with Gasteiger partial charge in [-0.15, -0.1) is 0 Å². The van der Waals surface area contributed by atoms with E-state index in [9.17, 15) is 9.59 Å². The first-order chi connectivity index (χ1) is 16.9. The number of fused-ring (bicyclic) bond motifs is 2. The number of hydrogen-bond donors (Lipinski definition) is 1. The molecule has 5 nitrogen and oxygen atoms in total. The van der Waals surface area contributed by atoms with Gasteiger partial charge in [0.15, 0.2) is 5.75 Å². The lowest BCUT2D eigenvalue weighted by Gasteiger charge is -2.22. The second-order valence-electron chi connectivity index (χ2n) is 8.56. The smallest absolute Gasteiger partial charge is 0.258 e. The van der Waals surface area contributed by atoms with E-state index in [4.69, 9.17) is 16.3 Å². The molecule has 0 bridgehead atoms. The topological polar surface area (TPSA) is 58.6 Å². The maximum atomic E-state index is 13.6. The highest BCUT2D eigenvalue weighted by Gasteiger charge is 2.26. The fraction of sp³-hybridized carbons (Fsp3) is 0.103. The number of halogens is 1. The molecule has 0 saturated heterocycles. The molecule has 0 saturated carbocycles. The highest BCUT2D eigenvalue weighted by atomic mass is 35.5. The summed E-state index contributed by atoms with van der Waals surface area (Å²) >= 11 is 6.21. The molecule has 1 aliphatic rings. The number of hydrogen-bond acceptors (Lipinski definition) is 3. The SMILES string of the molecule is Cc1ccc(C)c(C(=O)Nc2ccc(C(=O)N3Cc4cc(Cl)ccc4Oc4ccccc43)cc2)c1. The van der Waals surface area contributed by atoms with E-state index in [-0.39, 0.29) is 11.8 Å². The Morgan fingerprint density at radius 2 is 1.66 bits per heavy atom. The molecule has 0 spiro atoms. The summed E-state index contributed by atoms with van der Waals surface area (Å²) < 4.78 is 6.10. The van der Waals surface area contributed by atoms with E-state index in [1.165, 1.54) is 0 Å². The van der Waals surface area contributed by atoms with Crippen molar-refractivity contribution in [2.75, 3.05) is 10.2 Å². The average Bonchev–Trinajstić information content (AvgIpc) is 3.02. The third-order valence-corrected chi connectivity index (χ3v) is 6.23. The molecule has 0 aliphatic carbocycles. The quantitative estimate of drug-likeness (QED) is 0.337. The van der Waals surface area contributed by atoms with E-state index in [1.807, 2.05) is 68.4 Å². The molecule has 0 unspecified atom stereocenters. The molecule has 0 fully saturated rings. The summed E-state index contributed by atoms with van der Waals surface area (Å²) in [6, 6.07) is 25.5. The summed E-state index contributed by atoms with van der Waals surface area (Å²) in [4.78, 5) is 28.0. The van der Waals surface area contributed by atoms with E-state index in [0.717, 1.165) is 16.7 Å². The lowest BCUT2D eigenvalue weighted by Crippen LogP contribution is -2.29. The molecule has 0 atom stereocenters. The summed E-state index contributed by atoms with van der Waals surface area (Å²) in [6.45, 7) is 4.18. The van der Waals surface area contributed by atoms with Crippen molar-refractivity contribution in [3.05, 3.63) is 118 Å². The minimum atomic E-state index is -0.183. The van der Waals surface area contributed by atoms with Crippen molar-refractivity contribution < 1.29 is 14.3 Å². The Hall–Kier alpha value is -4.09. The Balaban J connectivity index is 1.41. The molecule has 5 rings (SSSR count). The van der Waals surface area contributed by atoms with E-state index in [0.29, 0.717) is 45.6 Å². The van der Waals surface area contributed by atoms with Crippen molar-refractivity contribution in [3.63, 3.8) is 0 Å². The van der Waals surface area contributed by atoms with Gasteiger partial charge in [0, 0.05) is 27.4 Å². The van der Waals surface area contributed by atoms with Crippen molar-refractivity contribution in [2.24, 2.45) is 0 Å². The fourth-order valence-electron chi connectivity index (χ4n) is 4.12. The number of para-hydroxylation sites is 2. The van der Waals surface area contributed by atoms with Crippen molar-refractivity contribution >= 4 is 34.8 Å². The van der Waals surface area contributed by atoms with Crippen LogP contribution in [0.15, 0.2) is 84.9 Å². The van der Waals surface area contributed by atoms with Crippen LogP contribution in [0.1, 0.15) is 37.4 Å². The zero-order valence-electron chi connectivity index (χ0n) is 19.3. The Morgan fingerprint density at radius 3 is 2.46 bits per heavy atom. The van der Waals surface area contributed by atoms with Crippen LogP contribution in [0.2, 0.25) is 5.02 Å². The first-order valence-corrected chi connectivity index (χ1v) is 11.6. The molecule has 1 N–H and O–H groups in total. The average molecular weight is 483 g/mol. The molecule has 35 heavy (non-hydrogen) atoms. The van der Waals surface area contributed by atoms with Crippen LogP contribution in [-0.2, 0) is 6.54 Å². The number of rotatable bonds is 3. The maximum absolute atomic E-state index is 13.6. The summed E-state index contributed by atoms with van der Waals surface area (Å²) in [6.07, 6.45) is 0. The van der Waals surface area contributed by atoms with E-state index in [1.54, 1.807) is 35.2 Å². The minimum absolute atomic E-state index is 0.179. The van der Waals surface area contributed by atoms with Gasteiger partial charge in [0.1, 0.15) is 5.75 Å². The number of nitrogens with zero attached hydrogens (tertiary/aromatic N) is 1. The molecular weight excluding hydrogens is 460 g/mol. The van der Waals surface area contributed by atoms with Crippen LogP contribution in [0.3, 0.4) is 0 Å². The summed E-state index contributed by atoms with van der Waals surface area (Å²) in [5.74, 6) is 0.902. The van der Waals surface area contributed by atoms with Crippen LogP contribution in [0.5, 0.6) is 11.5 Å². The predicted molar refractivity (Wildman–Crippen MR) is 139 cm³/mol. The molecule has 4 aromatic carbocycles. The minimum Gasteiger partial charge on any atom is -0.455 e. The third kappa shape index (κ3) is 4.63. The Labute approximate surface area is 208 Å². The van der Waals surface area contributed by atoms with Gasteiger partial charge in [-0.3, -0.25) is 9.59 Å². The molecule has 0 aromatic heterocycles. The maximum Gasteiger partial charge on any atom is 0.258 e. The number of nitrogens with one attached hydrogen (secondary N) is 1. The third-order valence-electron chi connectivity index (χ3n) is 6.00. The van der Waals surface area contributed by atoms with Gasteiger partial charge in [-0.2, -0.15) is 0 Å². The Bertz CT molecular complexity index is 1450. The first-order valence-electron chi connectivity index (χ1n) is 11.2. The van der Waals surface area contributed by atoms with Gasteiger partial charge < -0.3 is 15.0 Å². The van der Waals surface area contributed by atoms with Gasteiger partial charge in [0.05, 0.1) is 12.2 Å².